The molecule has 0 radical (unpaired) electrons. The molecule has 2 aromatic carbocycles. The third-order valence-electron chi connectivity index (χ3n) is 3.22. The van der Waals surface area contributed by atoms with Gasteiger partial charge in [-0.15, -0.1) is 0 Å². The van der Waals surface area contributed by atoms with Crippen LogP contribution in [0.5, 0.6) is 11.5 Å². The minimum absolute atomic E-state index is 0.664. The van der Waals surface area contributed by atoms with Gasteiger partial charge >= 0.3 is 0 Å². The molecular weight excluding hydrogens is 252 g/mol. The molecule has 0 saturated heterocycles. The molecule has 3 rings (SSSR count). The molecule has 0 unspecified atom stereocenters. The first-order chi connectivity index (χ1) is 9.85. The van der Waals surface area contributed by atoms with E-state index in [4.69, 9.17) is 9.47 Å². The van der Waals surface area contributed by atoms with Crippen molar-refractivity contribution < 1.29 is 9.47 Å². The predicted octanol–water partition coefficient (Wildman–Crippen LogP) is 3.31. The lowest BCUT2D eigenvalue weighted by atomic mass is 9.99. The lowest BCUT2D eigenvalue weighted by Crippen LogP contribution is -1.96. The highest BCUT2D eigenvalue weighted by Gasteiger charge is 2.17. The molecule has 100 valence electrons. The third kappa shape index (κ3) is 1.95. The first-order valence-corrected chi connectivity index (χ1v) is 6.25. The van der Waals surface area contributed by atoms with Gasteiger partial charge in [0.2, 0.25) is 0 Å². The van der Waals surface area contributed by atoms with Crippen molar-refractivity contribution in [1.29, 1.82) is 0 Å². The van der Waals surface area contributed by atoms with E-state index in [1.807, 2.05) is 36.4 Å². The van der Waals surface area contributed by atoms with Gasteiger partial charge in [0.25, 0.3) is 0 Å². The van der Waals surface area contributed by atoms with Crippen molar-refractivity contribution in [3.8, 4) is 22.6 Å². The Morgan fingerprint density at radius 3 is 2.50 bits per heavy atom. The smallest absolute Gasteiger partial charge is 0.169 e. The lowest BCUT2D eigenvalue weighted by molar-refractivity contribution is 0.357. The zero-order chi connectivity index (χ0) is 13.9. The van der Waals surface area contributed by atoms with Crippen molar-refractivity contribution in [3.05, 3.63) is 48.9 Å². The molecule has 0 fully saturated rings. The van der Waals surface area contributed by atoms with Gasteiger partial charge in [0, 0.05) is 23.2 Å². The van der Waals surface area contributed by atoms with Gasteiger partial charge in [-0.25, -0.2) is 9.97 Å². The Balaban J connectivity index is 2.43. The summed E-state index contributed by atoms with van der Waals surface area (Å²) in [7, 11) is 3.26. The summed E-state index contributed by atoms with van der Waals surface area (Å²) >= 11 is 0. The zero-order valence-corrected chi connectivity index (χ0v) is 11.3. The fourth-order valence-electron chi connectivity index (χ4n) is 2.33. The van der Waals surface area contributed by atoms with Crippen LogP contribution < -0.4 is 9.47 Å². The summed E-state index contributed by atoms with van der Waals surface area (Å²) in [4.78, 5) is 8.43. The van der Waals surface area contributed by atoms with E-state index >= 15 is 0 Å². The van der Waals surface area contributed by atoms with E-state index in [1.54, 1.807) is 20.4 Å². The van der Waals surface area contributed by atoms with Gasteiger partial charge < -0.3 is 9.47 Å². The topological polar surface area (TPSA) is 44.2 Å². The molecule has 0 saturated carbocycles. The second kappa shape index (κ2) is 5.17. The average molecular weight is 266 g/mol. The number of ether oxygens (including phenoxy) is 2. The van der Waals surface area contributed by atoms with Crippen LogP contribution in [0.1, 0.15) is 0 Å². The molecule has 0 spiro atoms. The number of benzene rings is 2. The largest absolute Gasteiger partial charge is 0.493 e. The molecule has 0 aliphatic carbocycles. The van der Waals surface area contributed by atoms with Crippen molar-refractivity contribution in [2.24, 2.45) is 0 Å². The van der Waals surface area contributed by atoms with Gasteiger partial charge in [-0.05, 0) is 5.56 Å². The molecule has 0 atom stereocenters. The molecule has 0 aliphatic rings. The Morgan fingerprint density at radius 2 is 1.80 bits per heavy atom. The Morgan fingerprint density at radius 1 is 1.00 bits per heavy atom. The SMILES string of the molecule is COc1cc2ncncc2c(-c2ccccc2)c1OC. The minimum Gasteiger partial charge on any atom is -0.493 e. The number of rotatable bonds is 3. The van der Waals surface area contributed by atoms with Gasteiger partial charge in [-0.3, -0.25) is 0 Å². The second-order valence-corrected chi connectivity index (χ2v) is 4.31. The molecule has 1 aromatic heterocycles. The molecule has 1 heterocycles. The van der Waals surface area contributed by atoms with Crippen molar-refractivity contribution in [2.45, 2.75) is 0 Å². The van der Waals surface area contributed by atoms with Crippen molar-refractivity contribution >= 4 is 10.9 Å². The Bertz CT molecular complexity index is 742. The number of methoxy groups -OCH3 is 2. The molecule has 4 heteroatoms. The highest BCUT2D eigenvalue weighted by Crippen LogP contribution is 2.42. The highest BCUT2D eigenvalue weighted by atomic mass is 16.5. The number of nitrogens with zero attached hydrogens (tertiary/aromatic N) is 2. The van der Waals surface area contributed by atoms with Crippen LogP contribution in [0.25, 0.3) is 22.0 Å². The van der Waals surface area contributed by atoms with E-state index in [0.717, 1.165) is 22.0 Å². The molecule has 0 bridgehead atoms. The van der Waals surface area contributed by atoms with E-state index in [9.17, 15) is 0 Å². The maximum Gasteiger partial charge on any atom is 0.169 e. The average Bonchev–Trinajstić information content (AvgIpc) is 2.53. The Kier molecular flexibility index (Phi) is 3.21. The monoisotopic (exact) mass is 266 g/mol. The zero-order valence-electron chi connectivity index (χ0n) is 11.3. The maximum absolute atomic E-state index is 5.55. The normalized spacial score (nSPS) is 10.5. The van der Waals surface area contributed by atoms with Gasteiger partial charge in [0.1, 0.15) is 6.33 Å². The molecule has 0 N–H and O–H groups in total. The Hall–Kier alpha value is -2.62. The van der Waals surface area contributed by atoms with Crippen LogP contribution >= 0.6 is 0 Å². The molecule has 0 amide bonds. The molecule has 0 aliphatic heterocycles. The van der Waals surface area contributed by atoms with Gasteiger partial charge in [-0.2, -0.15) is 0 Å². The first-order valence-electron chi connectivity index (χ1n) is 6.25. The van der Waals surface area contributed by atoms with E-state index < -0.39 is 0 Å². The van der Waals surface area contributed by atoms with Crippen molar-refractivity contribution in [2.75, 3.05) is 14.2 Å². The Labute approximate surface area is 117 Å². The summed E-state index contributed by atoms with van der Waals surface area (Å²) in [6, 6.07) is 11.9. The fourth-order valence-corrected chi connectivity index (χ4v) is 2.33. The van der Waals surface area contributed by atoms with Crippen LogP contribution in [0.15, 0.2) is 48.9 Å². The summed E-state index contributed by atoms with van der Waals surface area (Å²) in [5.41, 5.74) is 2.82. The molecule has 3 aromatic rings. The van der Waals surface area contributed by atoms with Crippen molar-refractivity contribution in [1.82, 2.24) is 9.97 Å². The number of hydrogen-bond acceptors (Lipinski definition) is 4. The predicted molar refractivity (Wildman–Crippen MR) is 78.1 cm³/mol. The van der Waals surface area contributed by atoms with E-state index in [2.05, 4.69) is 9.97 Å². The van der Waals surface area contributed by atoms with Crippen LogP contribution in [-0.2, 0) is 0 Å². The number of fused-ring (bicyclic) bond motifs is 1. The fraction of sp³-hybridized carbons (Fsp3) is 0.125. The summed E-state index contributed by atoms with van der Waals surface area (Å²) in [6.45, 7) is 0. The molecule has 4 nitrogen and oxygen atoms in total. The van der Waals surface area contributed by atoms with Crippen LogP contribution in [0.3, 0.4) is 0 Å². The van der Waals surface area contributed by atoms with E-state index in [1.165, 1.54) is 6.33 Å². The number of hydrogen-bond donors (Lipinski definition) is 0. The quantitative estimate of drug-likeness (QED) is 0.729. The first kappa shape index (κ1) is 12.4. The lowest BCUT2D eigenvalue weighted by Gasteiger charge is -2.15. The van der Waals surface area contributed by atoms with Crippen LogP contribution in [0.2, 0.25) is 0 Å². The van der Waals surface area contributed by atoms with E-state index in [-0.39, 0.29) is 0 Å². The van der Waals surface area contributed by atoms with Crippen molar-refractivity contribution in [3.63, 3.8) is 0 Å². The third-order valence-corrected chi connectivity index (χ3v) is 3.22. The summed E-state index contributed by atoms with van der Waals surface area (Å²) in [5, 5.41) is 0.941. The van der Waals surface area contributed by atoms with Crippen LogP contribution in [0.4, 0.5) is 0 Å². The van der Waals surface area contributed by atoms with Crippen LogP contribution in [0, 0.1) is 0 Å². The van der Waals surface area contributed by atoms with Gasteiger partial charge in [0.05, 0.1) is 19.7 Å². The molecular formula is C16H14N2O2. The second-order valence-electron chi connectivity index (χ2n) is 4.31. The van der Waals surface area contributed by atoms with Gasteiger partial charge in [-0.1, -0.05) is 30.3 Å². The summed E-state index contributed by atoms with van der Waals surface area (Å²) in [5.74, 6) is 1.36. The summed E-state index contributed by atoms with van der Waals surface area (Å²) < 4.78 is 11.0. The van der Waals surface area contributed by atoms with Crippen LogP contribution in [-0.4, -0.2) is 24.2 Å². The summed E-state index contributed by atoms with van der Waals surface area (Å²) in [6.07, 6.45) is 3.33. The van der Waals surface area contributed by atoms with E-state index in [0.29, 0.717) is 11.5 Å². The highest BCUT2D eigenvalue weighted by molar-refractivity contribution is 5.99. The molecule has 20 heavy (non-hydrogen) atoms. The number of aromatic nitrogens is 2. The standard InChI is InChI=1S/C16H14N2O2/c1-19-14-8-13-12(9-17-10-18-13)15(16(14)20-2)11-6-4-3-5-7-11/h3-10H,1-2H3. The van der Waals surface area contributed by atoms with Gasteiger partial charge in [0.15, 0.2) is 11.5 Å². The minimum atomic E-state index is 0.664. The maximum atomic E-state index is 5.55.